The topological polar surface area (TPSA) is 140 Å². The minimum atomic E-state index is -0.0427. The number of nitrogens with zero attached hydrogens (tertiary/aromatic N) is 6. The third kappa shape index (κ3) is 4.96. The van der Waals surface area contributed by atoms with Gasteiger partial charge in [0.2, 0.25) is 5.91 Å². The average Bonchev–Trinajstić information content (AvgIpc) is 3.48. The van der Waals surface area contributed by atoms with E-state index in [2.05, 4.69) is 42.3 Å². The Kier molecular flexibility index (Phi) is 6.79. The second-order valence-electron chi connectivity index (χ2n) is 11.1. The monoisotopic (exact) mass is 563 g/mol. The van der Waals surface area contributed by atoms with Crippen LogP contribution in [0.25, 0.3) is 22.3 Å². The van der Waals surface area contributed by atoms with Crippen LogP contribution in [0.4, 0.5) is 11.5 Å². The zero-order valence-electron chi connectivity index (χ0n) is 23.4. The van der Waals surface area contributed by atoms with Gasteiger partial charge in [0.15, 0.2) is 5.65 Å². The number of nitrogens with one attached hydrogen (secondary N) is 2. The van der Waals surface area contributed by atoms with Gasteiger partial charge in [-0.3, -0.25) is 9.69 Å². The number of piperidine rings is 1. The van der Waals surface area contributed by atoms with E-state index in [4.69, 9.17) is 15.6 Å². The molecule has 1 amide bonds. The van der Waals surface area contributed by atoms with E-state index in [1.54, 1.807) is 13.3 Å². The fourth-order valence-corrected chi connectivity index (χ4v) is 6.09. The summed E-state index contributed by atoms with van der Waals surface area (Å²) >= 11 is 0. The molecular weight excluding hydrogens is 530 g/mol. The first-order chi connectivity index (χ1) is 20.6. The summed E-state index contributed by atoms with van der Waals surface area (Å²) in [6, 6.07) is 16.0. The molecule has 3 aromatic heterocycles. The smallest absolute Gasteiger partial charge is 0.228 e. The van der Waals surface area contributed by atoms with Gasteiger partial charge in [0.25, 0.3) is 0 Å². The van der Waals surface area contributed by atoms with Crippen molar-refractivity contribution in [2.24, 2.45) is 5.92 Å². The fraction of sp³-hybridized carbons (Fsp3) is 0.323. The Bertz CT molecular complexity index is 1710. The van der Waals surface area contributed by atoms with Crippen LogP contribution in [0.1, 0.15) is 42.6 Å². The van der Waals surface area contributed by atoms with Crippen LogP contribution < -0.4 is 15.8 Å². The van der Waals surface area contributed by atoms with Gasteiger partial charge in [-0.2, -0.15) is 5.10 Å². The van der Waals surface area contributed by atoms with Crippen molar-refractivity contribution in [3.8, 4) is 17.0 Å². The van der Waals surface area contributed by atoms with Crippen LogP contribution in [0, 0.1) is 5.92 Å². The van der Waals surface area contributed by atoms with Gasteiger partial charge >= 0.3 is 0 Å². The normalized spacial score (nSPS) is 19.2. The molecule has 11 heteroatoms. The van der Waals surface area contributed by atoms with E-state index >= 15 is 0 Å². The lowest BCUT2D eigenvalue weighted by Gasteiger charge is -2.31. The fourth-order valence-electron chi connectivity index (χ4n) is 6.09. The zero-order chi connectivity index (χ0) is 28.6. The first-order valence-corrected chi connectivity index (χ1v) is 14.3. The Hall–Kier alpha value is -4.77. The number of hydrogen-bond donors (Lipinski definition) is 3. The number of H-pyrrole nitrogens is 1. The van der Waals surface area contributed by atoms with Crippen LogP contribution >= 0.6 is 0 Å². The molecular formula is C31H33N9O2. The standard InChI is InChI=1S/C31H33N9O2/c1-42-25-15-20(7-8-24(25)37-31(41)23-16-22(23)19-5-3-2-4-6-19)28-27-29(32)35-18-36-30(27)40(38-28)21-9-13-39(14-10-21)17-26-33-11-12-34-26/h2-8,11-12,15,18,21-23H,9-10,13-14,16-17H2,1H3,(H,33,34)(H,37,41)(H2,32,35,36)/t22-,23+/m0/s1. The van der Waals surface area contributed by atoms with Crippen LogP contribution in [-0.4, -0.2) is 60.7 Å². The predicted molar refractivity (Wildman–Crippen MR) is 160 cm³/mol. The Morgan fingerprint density at radius 3 is 2.71 bits per heavy atom. The number of nitrogens with two attached hydrogens (primary N) is 1. The molecule has 4 heterocycles. The lowest BCUT2D eigenvalue weighted by molar-refractivity contribution is -0.117. The van der Waals surface area contributed by atoms with Crippen LogP contribution in [0.5, 0.6) is 5.75 Å². The van der Waals surface area contributed by atoms with Gasteiger partial charge in [-0.15, -0.1) is 0 Å². The van der Waals surface area contributed by atoms with E-state index in [0.29, 0.717) is 22.9 Å². The summed E-state index contributed by atoms with van der Waals surface area (Å²) in [6.45, 7) is 2.66. The van der Waals surface area contributed by atoms with Crippen LogP contribution in [0.2, 0.25) is 0 Å². The largest absolute Gasteiger partial charge is 0.495 e. The molecule has 2 fully saturated rings. The quantitative estimate of drug-likeness (QED) is 0.253. The minimum absolute atomic E-state index is 0.000616. The Morgan fingerprint density at radius 2 is 1.95 bits per heavy atom. The number of nitrogen functional groups attached to an aromatic ring is 1. The number of methoxy groups -OCH3 is 1. The second kappa shape index (κ2) is 10.9. The predicted octanol–water partition coefficient (Wildman–Crippen LogP) is 4.39. The van der Waals surface area contributed by atoms with Gasteiger partial charge in [0.1, 0.15) is 29.4 Å². The van der Waals surface area contributed by atoms with E-state index in [0.717, 1.165) is 61.3 Å². The number of anilines is 2. The molecule has 2 atom stereocenters. The molecule has 2 aliphatic rings. The maximum absolute atomic E-state index is 13.1. The third-order valence-electron chi connectivity index (χ3n) is 8.44. The molecule has 214 valence electrons. The molecule has 5 aromatic rings. The number of hydrogen-bond acceptors (Lipinski definition) is 8. The number of carbonyl (C=O) groups excluding carboxylic acids is 1. The number of aromatic amines is 1. The van der Waals surface area contributed by atoms with Crippen LogP contribution in [0.15, 0.2) is 67.3 Å². The highest BCUT2D eigenvalue weighted by Crippen LogP contribution is 2.48. The van der Waals surface area contributed by atoms with Gasteiger partial charge in [0.05, 0.1) is 30.8 Å². The maximum Gasteiger partial charge on any atom is 0.228 e. The molecule has 0 radical (unpaired) electrons. The molecule has 7 rings (SSSR count). The Balaban J connectivity index is 1.12. The van der Waals surface area contributed by atoms with E-state index in [1.165, 1.54) is 11.9 Å². The molecule has 2 aromatic carbocycles. The summed E-state index contributed by atoms with van der Waals surface area (Å²) in [5, 5.41) is 8.84. The number of ether oxygens (including phenoxy) is 1. The van der Waals surface area contributed by atoms with Crippen molar-refractivity contribution in [2.45, 2.75) is 37.8 Å². The summed E-state index contributed by atoms with van der Waals surface area (Å²) in [7, 11) is 1.60. The SMILES string of the molecule is COc1cc(-c2nn(C3CCN(Cc4ncc[nH]4)CC3)c3ncnc(N)c23)ccc1NC(=O)[C@@H]1C[C@H]1c1ccccc1. The van der Waals surface area contributed by atoms with Gasteiger partial charge in [-0.25, -0.2) is 19.6 Å². The number of amides is 1. The second-order valence-corrected chi connectivity index (χ2v) is 11.1. The summed E-state index contributed by atoms with van der Waals surface area (Å²) in [5.74, 6) is 2.13. The first kappa shape index (κ1) is 26.1. The van der Waals surface area contributed by atoms with Crippen molar-refractivity contribution in [2.75, 3.05) is 31.2 Å². The molecule has 1 saturated carbocycles. The molecule has 0 unspecified atom stereocenters. The molecule has 1 aliphatic heterocycles. The highest BCUT2D eigenvalue weighted by molar-refractivity contribution is 6.00. The number of aromatic nitrogens is 6. The number of imidazole rings is 1. The highest BCUT2D eigenvalue weighted by Gasteiger charge is 2.44. The highest BCUT2D eigenvalue weighted by atomic mass is 16.5. The van der Waals surface area contributed by atoms with Crippen molar-refractivity contribution in [3.05, 3.63) is 78.6 Å². The Labute approximate surface area is 243 Å². The zero-order valence-corrected chi connectivity index (χ0v) is 23.4. The molecule has 11 nitrogen and oxygen atoms in total. The van der Waals surface area contributed by atoms with E-state index in [1.807, 2.05) is 47.3 Å². The number of fused-ring (bicyclic) bond motifs is 1. The first-order valence-electron chi connectivity index (χ1n) is 14.3. The van der Waals surface area contributed by atoms with Crippen molar-refractivity contribution >= 4 is 28.4 Å². The molecule has 1 aliphatic carbocycles. The maximum atomic E-state index is 13.1. The molecule has 0 bridgehead atoms. The Morgan fingerprint density at radius 1 is 1.12 bits per heavy atom. The van der Waals surface area contributed by atoms with Crippen molar-refractivity contribution in [1.82, 2.24) is 34.6 Å². The summed E-state index contributed by atoms with van der Waals surface area (Å²) in [4.78, 5) is 31.9. The van der Waals surface area contributed by atoms with Gasteiger partial charge in [-0.05, 0) is 42.9 Å². The van der Waals surface area contributed by atoms with E-state index < -0.39 is 0 Å². The number of rotatable bonds is 8. The summed E-state index contributed by atoms with van der Waals surface area (Å²) in [5.41, 5.74) is 10.5. The van der Waals surface area contributed by atoms with Gasteiger partial charge in [-0.1, -0.05) is 36.4 Å². The number of benzene rings is 2. The van der Waals surface area contributed by atoms with E-state index in [-0.39, 0.29) is 23.8 Å². The van der Waals surface area contributed by atoms with Crippen molar-refractivity contribution in [1.29, 1.82) is 0 Å². The van der Waals surface area contributed by atoms with Crippen molar-refractivity contribution < 1.29 is 9.53 Å². The minimum Gasteiger partial charge on any atom is -0.495 e. The lowest BCUT2D eigenvalue weighted by Crippen LogP contribution is -2.34. The number of likely N-dealkylation sites (tertiary alicyclic amines) is 1. The lowest BCUT2D eigenvalue weighted by atomic mass is 10.1. The van der Waals surface area contributed by atoms with Gasteiger partial charge in [0, 0.05) is 37.0 Å². The third-order valence-corrected chi connectivity index (χ3v) is 8.44. The molecule has 4 N–H and O–H groups in total. The molecule has 1 saturated heterocycles. The summed E-state index contributed by atoms with van der Waals surface area (Å²) in [6.07, 6.45) is 7.84. The molecule has 0 spiro atoms. The van der Waals surface area contributed by atoms with Crippen molar-refractivity contribution in [3.63, 3.8) is 0 Å². The number of carbonyl (C=O) groups is 1. The van der Waals surface area contributed by atoms with Crippen LogP contribution in [-0.2, 0) is 11.3 Å². The van der Waals surface area contributed by atoms with Crippen LogP contribution in [0.3, 0.4) is 0 Å². The van der Waals surface area contributed by atoms with Gasteiger partial charge < -0.3 is 20.8 Å². The summed E-state index contributed by atoms with van der Waals surface area (Å²) < 4.78 is 7.72. The molecule has 42 heavy (non-hydrogen) atoms. The van der Waals surface area contributed by atoms with E-state index in [9.17, 15) is 4.79 Å². The average molecular weight is 564 g/mol.